The molecule has 0 bridgehead atoms. The molecule has 18 heavy (non-hydrogen) atoms. The van der Waals surface area contributed by atoms with Gasteiger partial charge in [-0.3, -0.25) is 0 Å². The fourth-order valence-electron chi connectivity index (χ4n) is 2.38. The Kier molecular flexibility index (Phi) is 15.6. The van der Waals surface area contributed by atoms with Gasteiger partial charge in [-0.05, 0) is 19.4 Å². The first-order chi connectivity index (χ1) is 8.81. The number of rotatable bonds is 14. The average Bonchev–Trinajstić information content (AvgIpc) is 2.36. The quantitative estimate of drug-likeness (QED) is 0.324. The smallest absolute Gasteiger partial charge is 0.00288 e. The second-order valence-electron chi connectivity index (χ2n) is 5.56. The van der Waals surface area contributed by atoms with Crippen molar-refractivity contribution in [3.63, 3.8) is 0 Å². The van der Waals surface area contributed by atoms with Crippen LogP contribution in [0.2, 0.25) is 0 Å². The molecule has 0 heterocycles. The van der Waals surface area contributed by atoms with Crippen LogP contribution < -0.4 is 5.73 Å². The molecule has 0 saturated carbocycles. The third-order valence-corrected chi connectivity index (χ3v) is 4.16. The summed E-state index contributed by atoms with van der Waals surface area (Å²) in [5, 5.41) is 0.536. The summed E-state index contributed by atoms with van der Waals surface area (Å²) in [5.41, 5.74) is 5.51. The van der Waals surface area contributed by atoms with E-state index in [9.17, 15) is 0 Å². The summed E-state index contributed by atoms with van der Waals surface area (Å²) >= 11 is 4.53. The Bertz CT molecular complexity index is 150. The molecule has 0 amide bonds. The van der Waals surface area contributed by atoms with Crippen molar-refractivity contribution in [1.82, 2.24) is 0 Å². The van der Waals surface area contributed by atoms with Crippen molar-refractivity contribution in [3.05, 3.63) is 0 Å². The molecule has 0 radical (unpaired) electrons. The molecule has 0 aromatic rings. The maximum Gasteiger partial charge on any atom is 0.00288 e. The highest BCUT2D eigenvalue weighted by molar-refractivity contribution is 7.80. The topological polar surface area (TPSA) is 26.0 Å². The predicted octanol–water partition coefficient (Wildman–Crippen LogP) is 5.33. The number of unbranched alkanes of at least 4 members (excludes halogenated alkanes) is 10. The Hall–Kier alpha value is 0.310. The van der Waals surface area contributed by atoms with Crippen LogP contribution >= 0.6 is 12.6 Å². The summed E-state index contributed by atoms with van der Waals surface area (Å²) in [6.07, 6.45) is 17.9. The maximum absolute atomic E-state index is 5.51. The van der Waals surface area contributed by atoms with E-state index in [1.807, 2.05) is 0 Å². The third kappa shape index (κ3) is 14.4. The highest BCUT2D eigenvalue weighted by atomic mass is 32.1. The van der Waals surface area contributed by atoms with Crippen molar-refractivity contribution in [2.45, 2.75) is 95.6 Å². The van der Waals surface area contributed by atoms with Gasteiger partial charge in [0.2, 0.25) is 0 Å². The zero-order valence-electron chi connectivity index (χ0n) is 12.5. The van der Waals surface area contributed by atoms with Gasteiger partial charge in [0.1, 0.15) is 0 Å². The Morgan fingerprint density at radius 3 is 1.61 bits per heavy atom. The number of hydrogen-bond acceptors (Lipinski definition) is 2. The van der Waals surface area contributed by atoms with Gasteiger partial charge in [0.15, 0.2) is 0 Å². The average molecular weight is 274 g/mol. The second-order valence-corrected chi connectivity index (χ2v) is 6.29. The molecule has 2 N–H and O–H groups in total. The molecule has 1 nitrogen and oxygen atoms in total. The molecule has 110 valence electrons. The lowest BCUT2D eigenvalue weighted by Gasteiger charge is -2.08. The third-order valence-electron chi connectivity index (χ3n) is 3.64. The summed E-state index contributed by atoms with van der Waals surface area (Å²) in [7, 11) is 0. The summed E-state index contributed by atoms with van der Waals surface area (Å²) in [4.78, 5) is 0. The van der Waals surface area contributed by atoms with Crippen LogP contribution in [-0.4, -0.2) is 11.8 Å². The van der Waals surface area contributed by atoms with Gasteiger partial charge in [-0.15, -0.1) is 0 Å². The number of nitrogens with two attached hydrogens (primary N) is 1. The first kappa shape index (κ1) is 18.3. The van der Waals surface area contributed by atoms with E-state index < -0.39 is 0 Å². The molecule has 0 aliphatic heterocycles. The molecular formula is C16H35NS. The van der Waals surface area contributed by atoms with Gasteiger partial charge < -0.3 is 5.73 Å². The largest absolute Gasteiger partial charge is 0.330 e. The summed E-state index contributed by atoms with van der Waals surface area (Å²) < 4.78 is 0. The molecule has 2 heteroatoms. The van der Waals surface area contributed by atoms with Gasteiger partial charge in [-0.1, -0.05) is 77.6 Å². The monoisotopic (exact) mass is 273 g/mol. The van der Waals surface area contributed by atoms with E-state index >= 15 is 0 Å². The van der Waals surface area contributed by atoms with E-state index in [2.05, 4.69) is 19.6 Å². The van der Waals surface area contributed by atoms with E-state index in [0.717, 1.165) is 13.0 Å². The number of thiol groups is 1. The molecule has 0 unspecified atom stereocenters. The second kappa shape index (κ2) is 15.4. The maximum atomic E-state index is 5.51. The fraction of sp³-hybridized carbons (Fsp3) is 1.00. The minimum absolute atomic E-state index is 0.536. The lowest BCUT2D eigenvalue weighted by Crippen LogP contribution is -2.08. The minimum atomic E-state index is 0.536. The van der Waals surface area contributed by atoms with Crippen molar-refractivity contribution < 1.29 is 0 Å². The van der Waals surface area contributed by atoms with Crippen LogP contribution in [0, 0.1) is 0 Å². The van der Waals surface area contributed by atoms with Gasteiger partial charge >= 0.3 is 0 Å². The van der Waals surface area contributed by atoms with Gasteiger partial charge in [0.05, 0.1) is 0 Å². The van der Waals surface area contributed by atoms with Gasteiger partial charge in [0.25, 0.3) is 0 Å². The Morgan fingerprint density at radius 2 is 1.17 bits per heavy atom. The first-order valence-electron chi connectivity index (χ1n) is 8.19. The van der Waals surface area contributed by atoms with E-state index in [0.29, 0.717) is 5.25 Å². The van der Waals surface area contributed by atoms with Gasteiger partial charge in [-0.25, -0.2) is 0 Å². The van der Waals surface area contributed by atoms with Crippen LogP contribution in [0.15, 0.2) is 0 Å². The van der Waals surface area contributed by atoms with Crippen LogP contribution in [0.1, 0.15) is 90.4 Å². The SMILES string of the molecule is CCCCCCCCCCCCC[C@@H](S)CCN. The lowest BCUT2D eigenvalue weighted by atomic mass is 10.0. The van der Waals surface area contributed by atoms with Gasteiger partial charge in [-0.2, -0.15) is 12.6 Å². The first-order valence-corrected chi connectivity index (χ1v) is 8.71. The van der Waals surface area contributed by atoms with E-state index in [-0.39, 0.29) is 0 Å². The minimum Gasteiger partial charge on any atom is -0.330 e. The molecule has 0 rings (SSSR count). The van der Waals surface area contributed by atoms with Crippen molar-refractivity contribution in [2.75, 3.05) is 6.54 Å². The molecule has 0 saturated heterocycles. The van der Waals surface area contributed by atoms with Crippen LogP contribution in [0.3, 0.4) is 0 Å². The molecule has 0 aromatic heterocycles. The van der Waals surface area contributed by atoms with Crippen LogP contribution in [0.4, 0.5) is 0 Å². The van der Waals surface area contributed by atoms with Gasteiger partial charge in [0, 0.05) is 5.25 Å². The van der Waals surface area contributed by atoms with Crippen LogP contribution in [-0.2, 0) is 0 Å². The van der Waals surface area contributed by atoms with Crippen molar-refractivity contribution in [2.24, 2.45) is 5.73 Å². The zero-order valence-corrected chi connectivity index (χ0v) is 13.4. The molecule has 0 aliphatic carbocycles. The number of hydrogen-bond donors (Lipinski definition) is 2. The molecule has 0 aliphatic rings. The van der Waals surface area contributed by atoms with Crippen molar-refractivity contribution in [3.8, 4) is 0 Å². The zero-order chi connectivity index (χ0) is 13.5. The van der Waals surface area contributed by atoms with Crippen molar-refractivity contribution >= 4 is 12.6 Å². The van der Waals surface area contributed by atoms with Crippen molar-refractivity contribution in [1.29, 1.82) is 0 Å². The summed E-state index contributed by atoms with van der Waals surface area (Å²) in [6, 6.07) is 0. The van der Waals surface area contributed by atoms with E-state index in [1.54, 1.807) is 0 Å². The Balaban J connectivity index is 2.98. The molecular weight excluding hydrogens is 238 g/mol. The fourth-order valence-corrected chi connectivity index (χ4v) is 2.71. The molecule has 0 fully saturated rings. The Labute approximate surface area is 121 Å². The summed E-state index contributed by atoms with van der Waals surface area (Å²) in [5.74, 6) is 0. The molecule has 0 aromatic carbocycles. The summed E-state index contributed by atoms with van der Waals surface area (Å²) in [6.45, 7) is 3.06. The normalized spacial score (nSPS) is 12.8. The predicted molar refractivity (Wildman–Crippen MR) is 87.5 cm³/mol. The van der Waals surface area contributed by atoms with E-state index in [4.69, 9.17) is 5.73 Å². The molecule has 1 atom stereocenters. The van der Waals surface area contributed by atoms with E-state index in [1.165, 1.54) is 77.0 Å². The highest BCUT2D eigenvalue weighted by Crippen LogP contribution is 2.14. The Morgan fingerprint density at radius 1 is 0.722 bits per heavy atom. The standard InChI is InChI=1S/C16H35NS/c1-2-3-4-5-6-7-8-9-10-11-12-13-16(18)14-15-17/h16,18H,2-15,17H2,1H3/t16-/m1/s1. The lowest BCUT2D eigenvalue weighted by molar-refractivity contribution is 0.539. The van der Waals surface area contributed by atoms with Crippen LogP contribution in [0.5, 0.6) is 0 Å². The highest BCUT2D eigenvalue weighted by Gasteiger charge is 2.00. The van der Waals surface area contributed by atoms with Crippen LogP contribution in [0.25, 0.3) is 0 Å². The molecule has 0 spiro atoms.